The second-order valence-electron chi connectivity index (χ2n) is 3.32. The van der Waals surface area contributed by atoms with Gasteiger partial charge in [-0.3, -0.25) is 0 Å². The van der Waals surface area contributed by atoms with E-state index in [-0.39, 0.29) is 11.4 Å². The van der Waals surface area contributed by atoms with Crippen molar-refractivity contribution in [1.29, 1.82) is 5.53 Å². The standard InChI is InChI=1S/C10H9N3O3S/c11-7-2-3-8-6(5-7)1-4-9(13-12)10(8)16-17(14)15/h1-5,12,17H,11H2. The highest BCUT2D eigenvalue weighted by Gasteiger charge is 2.10. The topological polar surface area (TPSA) is 106 Å². The van der Waals surface area contributed by atoms with Gasteiger partial charge in [0, 0.05) is 11.1 Å². The predicted molar refractivity (Wildman–Crippen MR) is 64.1 cm³/mol. The van der Waals surface area contributed by atoms with E-state index in [0.717, 1.165) is 5.39 Å². The van der Waals surface area contributed by atoms with E-state index < -0.39 is 11.0 Å². The number of nitrogens with zero attached hydrogens (tertiary/aromatic N) is 1. The lowest BCUT2D eigenvalue weighted by Gasteiger charge is -2.07. The van der Waals surface area contributed by atoms with Gasteiger partial charge in [0.15, 0.2) is 5.75 Å². The smallest absolute Gasteiger partial charge is 0.299 e. The Morgan fingerprint density at radius 1 is 1.24 bits per heavy atom. The van der Waals surface area contributed by atoms with Crippen molar-refractivity contribution in [3.63, 3.8) is 0 Å². The fourth-order valence-corrected chi connectivity index (χ4v) is 1.91. The number of anilines is 1. The lowest BCUT2D eigenvalue weighted by atomic mass is 10.1. The molecule has 0 aliphatic rings. The molecule has 0 heterocycles. The Morgan fingerprint density at radius 2 is 2.00 bits per heavy atom. The molecule has 2 aromatic carbocycles. The highest BCUT2D eigenvalue weighted by molar-refractivity contribution is 7.67. The number of hydrogen-bond donors (Lipinski definition) is 3. The van der Waals surface area contributed by atoms with Crippen LogP contribution in [0.4, 0.5) is 11.4 Å². The summed E-state index contributed by atoms with van der Waals surface area (Å²) in [5.41, 5.74) is 13.3. The zero-order valence-corrected chi connectivity index (χ0v) is 9.48. The quantitative estimate of drug-likeness (QED) is 0.440. The number of benzene rings is 2. The van der Waals surface area contributed by atoms with Crippen molar-refractivity contribution in [2.24, 2.45) is 5.11 Å². The predicted octanol–water partition coefficient (Wildman–Crippen LogP) is 1.99. The van der Waals surface area contributed by atoms with Gasteiger partial charge in [0.2, 0.25) is 0 Å². The molecule has 3 N–H and O–H groups in total. The first kappa shape index (κ1) is 11.3. The normalized spacial score (nSPS) is 10.6. The molecule has 0 saturated carbocycles. The molecule has 0 aromatic heterocycles. The largest absolute Gasteiger partial charge is 0.399 e. The molecule has 0 unspecified atom stereocenters. The molecule has 0 bridgehead atoms. The van der Waals surface area contributed by atoms with Gasteiger partial charge >= 0.3 is 0 Å². The fraction of sp³-hybridized carbons (Fsp3) is 0. The first-order chi connectivity index (χ1) is 8.11. The molecule has 6 nitrogen and oxygen atoms in total. The fourth-order valence-electron chi connectivity index (χ4n) is 1.57. The second kappa shape index (κ2) is 4.38. The molecule has 0 spiro atoms. The zero-order valence-electron chi connectivity index (χ0n) is 8.58. The van der Waals surface area contributed by atoms with Crippen molar-refractivity contribution in [1.82, 2.24) is 0 Å². The minimum absolute atomic E-state index is 0.0496. The van der Waals surface area contributed by atoms with Crippen LogP contribution < -0.4 is 9.92 Å². The molecule has 88 valence electrons. The highest BCUT2D eigenvalue weighted by Crippen LogP contribution is 2.36. The van der Waals surface area contributed by atoms with E-state index in [4.69, 9.17) is 11.3 Å². The first-order valence-electron chi connectivity index (χ1n) is 4.64. The summed E-state index contributed by atoms with van der Waals surface area (Å²) in [6.07, 6.45) is 0. The van der Waals surface area contributed by atoms with E-state index in [1.807, 2.05) is 0 Å². The van der Waals surface area contributed by atoms with Crippen molar-refractivity contribution < 1.29 is 12.6 Å². The second-order valence-corrected chi connectivity index (χ2v) is 3.95. The third-order valence-electron chi connectivity index (χ3n) is 2.26. The average molecular weight is 251 g/mol. The van der Waals surface area contributed by atoms with Crippen LogP contribution in [0.15, 0.2) is 35.4 Å². The van der Waals surface area contributed by atoms with Crippen molar-refractivity contribution in [2.45, 2.75) is 0 Å². The van der Waals surface area contributed by atoms with Crippen LogP contribution in [-0.4, -0.2) is 8.42 Å². The van der Waals surface area contributed by atoms with E-state index in [9.17, 15) is 8.42 Å². The van der Waals surface area contributed by atoms with Gasteiger partial charge in [-0.05, 0) is 29.7 Å². The molecule has 17 heavy (non-hydrogen) atoms. The third-order valence-corrected chi connectivity index (χ3v) is 2.59. The number of rotatable bonds is 3. The molecule has 2 rings (SSSR count). The summed E-state index contributed by atoms with van der Waals surface area (Å²) in [5, 5.41) is 4.50. The Bertz CT molecular complexity index is 659. The molecule has 0 atom stereocenters. The summed E-state index contributed by atoms with van der Waals surface area (Å²) in [6.45, 7) is 0. The molecule has 0 aliphatic carbocycles. The van der Waals surface area contributed by atoms with Crippen molar-refractivity contribution in [3.05, 3.63) is 30.3 Å². The Hall–Kier alpha value is -2.15. The van der Waals surface area contributed by atoms with Gasteiger partial charge in [-0.25, -0.2) is 5.53 Å². The van der Waals surface area contributed by atoms with Gasteiger partial charge in [-0.15, -0.1) is 0 Å². The number of nitrogen functional groups attached to an aromatic ring is 1. The number of nitrogens with two attached hydrogens (primary N) is 1. The number of nitrogens with one attached hydrogen (secondary N) is 1. The first-order valence-corrected chi connectivity index (χ1v) is 5.73. The molecule has 2 aromatic rings. The van der Waals surface area contributed by atoms with Gasteiger partial charge in [0.25, 0.3) is 11.0 Å². The van der Waals surface area contributed by atoms with Crippen molar-refractivity contribution in [3.8, 4) is 5.75 Å². The molecule has 0 amide bonds. The number of thiol groups is 1. The van der Waals surface area contributed by atoms with Gasteiger partial charge in [0.1, 0.15) is 5.69 Å². The summed E-state index contributed by atoms with van der Waals surface area (Å²) in [7, 11) is -3.05. The summed E-state index contributed by atoms with van der Waals surface area (Å²) >= 11 is 0. The summed E-state index contributed by atoms with van der Waals surface area (Å²) in [5.74, 6) is 0.0496. The van der Waals surface area contributed by atoms with Crippen LogP contribution in [0.3, 0.4) is 0 Å². The zero-order chi connectivity index (χ0) is 12.4. The van der Waals surface area contributed by atoms with Crippen molar-refractivity contribution in [2.75, 3.05) is 5.73 Å². The number of hydrogen-bond acceptors (Lipinski definition) is 6. The van der Waals surface area contributed by atoms with Gasteiger partial charge in [-0.1, -0.05) is 6.07 Å². The lowest BCUT2D eigenvalue weighted by molar-refractivity contribution is 0.514. The Labute approximate surface area is 98.7 Å². The molecule has 0 fully saturated rings. The minimum Gasteiger partial charge on any atom is -0.399 e. The Balaban J connectivity index is 2.77. The van der Waals surface area contributed by atoms with E-state index in [2.05, 4.69) is 9.30 Å². The maximum absolute atomic E-state index is 10.6. The van der Waals surface area contributed by atoms with Crippen molar-refractivity contribution >= 4 is 33.1 Å². The average Bonchev–Trinajstić information content (AvgIpc) is 2.28. The molecular formula is C10H9N3O3S. The minimum atomic E-state index is -3.05. The molecule has 0 radical (unpaired) electrons. The summed E-state index contributed by atoms with van der Waals surface area (Å²) < 4.78 is 26.0. The van der Waals surface area contributed by atoms with Crippen LogP contribution in [0.1, 0.15) is 0 Å². The van der Waals surface area contributed by atoms with Crippen LogP contribution in [0, 0.1) is 5.53 Å². The monoisotopic (exact) mass is 251 g/mol. The summed E-state index contributed by atoms with van der Waals surface area (Å²) in [6, 6.07) is 8.15. The van der Waals surface area contributed by atoms with Crippen LogP contribution in [0.2, 0.25) is 0 Å². The van der Waals surface area contributed by atoms with Gasteiger partial charge in [-0.2, -0.15) is 13.5 Å². The molecular weight excluding hydrogens is 242 g/mol. The van der Waals surface area contributed by atoms with E-state index in [0.29, 0.717) is 11.1 Å². The SMILES string of the molecule is N=Nc1ccc2cc(N)ccc2c1O[SH](=O)=O. The van der Waals surface area contributed by atoms with E-state index >= 15 is 0 Å². The lowest BCUT2D eigenvalue weighted by Crippen LogP contribution is -1.92. The summed E-state index contributed by atoms with van der Waals surface area (Å²) in [4.78, 5) is 0. The van der Waals surface area contributed by atoms with Gasteiger partial charge < -0.3 is 9.92 Å². The Morgan fingerprint density at radius 3 is 2.65 bits per heavy atom. The molecule has 0 aliphatic heterocycles. The Kier molecular flexibility index (Phi) is 2.92. The van der Waals surface area contributed by atoms with Crippen LogP contribution in [0.5, 0.6) is 5.75 Å². The van der Waals surface area contributed by atoms with E-state index in [1.54, 1.807) is 24.3 Å². The van der Waals surface area contributed by atoms with Crippen LogP contribution in [0.25, 0.3) is 10.8 Å². The van der Waals surface area contributed by atoms with E-state index in [1.165, 1.54) is 6.07 Å². The number of fused-ring (bicyclic) bond motifs is 1. The molecule has 0 saturated heterocycles. The van der Waals surface area contributed by atoms with Crippen LogP contribution in [-0.2, 0) is 11.0 Å². The van der Waals surface area contributed by atoms with Gasteiger partial charge in [0.05, 0.1) is 0 Å². The third kappa shape index (κ3) is 2.18. The maximum Gasteiger partial charge on any atom is 0.299 e. The van der Waals surface area contributed by atoms with Crippen LogP contribution >= 0.6 is 0 Å². The molecule has 7 heteroatoms. The highest BCUT2D eigenvalue weighted by atomic mass is 32.2. The maximum atomic E-state index is 10.6.